The summed E-state index contributed by atoms with van der Waals surface area (Å²) in [7, 11) is 1.64. The van der Waals surface area contributed by atoms with Gasteiger partial charge in [-0.15, -0.1) is 0 Å². The zero-order chi connectivity index (χ0) is 23.3. The highest BCUT2D eigenvalue weighted by Gasteiger charge is 2.30. The summed E-state index contributed by atoms with van der Waals surface area (Å²) in [5.41, 5.74) is 3.66. The van der Waals surface area contributed by atoms with Crippen LogP contribution in [0.15, 0.2) is 103 Å². The topological polar surface area (TPSA) is 55.3 Å². The Balaban J connectivity index is 1.62. The maximum atomic E-state index is 14.3. The Kier molecular flexibility index (Phi) is 6.31. The Labute approximate surface area is 202 Å². The maximum absolute atomic E-state index is 14.3. The lowest BCUT2D eigenvalue weighted by molar-refractivity contribution is -0.119. The van der Waals surface area contributed by atoms with Crippen molar-refractivity contribution >= 4 is 32.6 Å². The Hall–Kier alpha value is -4.03. The number of anilines is 1. The van der Waals surface area contributed by atoms with Crippen LogP contribution >= 0.6 is 11.3 Å². The van der Waals surface area contributed by atoms with Crippen LogP contribution in [0, 0.1) is 0 Å². The third-order valence-corrected chi connectivity index (χ3v) is 6.70. The van der Waals surface area contributed by atoms with Crippen LogP contribution in [0.2, 0.25) is 0 Å². The van der Waals surface area contributed by atoms with Gasteiger partial charge in [0.15, 0.2) is 5.13 Å². The second-order valence-corrected chi connectivity index (χ2v) is 8.88. The SMILES string of the molecule is COc1ccc2nc(N(Cc3cccnc3)C(=O)C(c3ccccc3)c3ccccc3)sc2c1. The van der Waals surface area contributed by atoms with Gasteiger partial charge in [0.2, 0.25) is 5.91 Å². The molecule has 6 heteroatoms. The first-order valence-electron chi connectivity index (χ1n) is 11.0. The van der Waals surface area contributed by atoms with Crippen LogP contribution in [0.5, 0.6) is 5.75 Å². The van der Waals surface area contributed by atoms with Crippen molar-refractivity contribution in [2.45, 2.75) is 12.5 Å². The third kappa shape index (κ3) is 4.54. The van der Waals surface area contributed by atoms with Crippen LogP contribution in [0.25, 0.3) is 10.2 Å². The van der Waals surface area contributed by atoms with Gasteiger partial charge in [0.05, 0.1) is 29.8 Å². The van der Waals surface area contributed by atoms with Gasteiger partial charge in [-0.25, -0.2) is 4.98 Å². The molecule has 0 fully saturated rings. The average molecular weight is 466 g/mol. The predicted molar refractivity (Wildman–Crippen MR) is 136 cm³/mol. The summed E-state index contributed by atoms with van der Waals surface area (Å²) in [4.78, 5) is 25.1. The normalized spacial score (nSPS) is 11.0. The number of thiazole rings is 1. The number of benzene rings is 3. The van der Waals surface area contributed by atoms with E-state index in [9.17, 15) is 4.79 Å². The predicted octanol–water partition coefficient (Wildman–Crippen LogP) is 6.07. The summed E-state index contributed by atoms with van der Waals surface area (Å²) in [6, 6.07) is 29.4. The van der Waals surface area contributed by atoms with Gasteiger partial charge < -0.3 is 4.74 Å². The molecule has 0 aliphatic carbocycles. The molecule has 0 atom stereocenters. The molecule has 5 aromatic rings. The first kappa shape index (κ1) is 21.8. The van der Waals surface area contributed by atoms with Crippen molar-refractivity contribution in [1.29, 1.82) is 0 Å². The number of carbonyl (C=O) groups is 1. The van der Waals surface area contributed by atoms with Gasteiger partial charge in [-0.3, -0.25) is 14.7 Å². The molecule has 0 saturated carbocycles. The van der Waals surface area contributed by atoms with E-state index in [1.807, 2.05) is 91.0 Å². The molecule has 2 aromatic heterocycles. The van der Waals surface area contributed by atoms with Crippen LogP contribution in [0.4, 0.5) is 5.13 Å². The number of fused-ring (bicyclic) bond motifs is 1. The molecule has 0 unspecified atom stereocenters. The van der Waals surface area contributed by atoms with Crippen molar-refractivity contribution in [1.82, 2.24) is 9.97 Å². The van der Waals surface area contributed by atoms with E-state index in [1.54, 1.807) is 24.4 Å². The smallest absolute Gasteiger partial charge is 0.241 e. The zero-order valence-electron chi connectivity index (χ0n) is 18.7. The summed E-state index contributed by atoms with van der Waals surface area (Å²) in [6.07, 6.45) is 3.52. The van der Waals surface area contributed by atoms with E-state index in [2.05, 4.69) is 4.98 Å². The fraction of sp³-hybridized carbons (Fsp3) is 0.107. The molecule has 0 aliphatic heterocycles. The summed E-state index contributed by atoms with van der Waals surface area (Å²) in [5.74, 6) is 0.271. The molecule has 5 rings (SSSR count). The summed E-state index contributed by atoms with van der Waals surface area (Å²) in [6.45, 7) is 0.375. The van der Waals surface area contributed by atoms with Crippen molar-refractivity contribution in [3.63, 3.8) is 0 Å². The number of ether oxygens (including phenoxy) is 1. The Bertz CT molecular complexity index is 1350. The van der Waals surface area contributed by atoms with Crippen LogP contribution in [0.3, 0.4) is 0 Å². The molecule has 3 aromatic carbocycles. The van der Waals surface area contributed by atoms with Crippen LogP contribution in [-0.4, -0.2) is 23.0 Å². The molecule has 0 saturated heterocycles. The van der Waals surface area contributed by atoms with Gasteiger partial charge >= 0.3 is 0 Å². The Morgan fingerprint density at radius 3 is 2.26 bits per heavy atom. The summed E-state index contributed by atoms with van der Waals surface area (Å²) < 4.78 is 6.35. The molecule has 0 spiro atoms. The molecule has 0 radical (unpaired) electrons. The Morgan fingerprint density at radius 2 is 1.65 bits per heavy atom. The highest BCUT2D eigenvalue weighted by Crippen LogP contribution is 2.35. The highest BCUT2D eigenvalue weighted by molar-refractivity contribution is 7.22. The second kappa shape index (κ2) is 9.85. The van der Waals surface area contributed by atoms with Crippen LogP contribution < -0.4 is 9.64 Å². The number of carbonyl (C=O) groups excluding carboxylic acids is 1. The van der Waals surface area contributed by atoms with E-state index < -0.39 is 5.92 Å². The molecular weight excluding hydrogens is 442 g/mol. The molecule has 5 nitrogen and oxygen atoms in total. The minimum atomic E-state index is -0.458. The lowest BCUT2D eigenvalue weighted by atomic mass is 9.90. The maximum Gasteiger partial charge on any atom is 0.241 e. The first-order valence-corrected chi connectivity index (χ1v) is 11.8. The van der Waals surface area contributed by atoms with Gasteiger partial charge in [0.1, 0.15) is 5.75 Å². The molecule has 168 valence electrons. The Morgan fingerprint density at radius 1 is 0.941 bits per heavy atom. The van der Waals surface area contributed by atoms with Crippen LogP contribution in [0.1, 0.15) is 22.6 Å². The first-order chi connectivity index (χ1) is 16.7. The minimum Gasteiger partial charge on any atom is -0.497 e. The quantitative estimate of drug-likeness (QED) is 0.293. The van der Waals surface area contributed by atoms with Crippen molar-refractivity contribution in [3.05, 3.63) is 120 Å². The number of aromatic nitrogens is 2. The zero-order valence-corrected chi connectivity index (χ0v) is 19.5. The van der Waals surface area contributed by atoms with Crippen molar-refractivity contribution < 1.29 is 9.53 Å². The lowest BCUT2D eigenvalue weighted by Crippen LogP contribution is -2.35. The molecule has 0 N–H and O–H groups in total. The average Bonchev–Trinajstić information content (AvgIpc) is 3.32. The molecule has 0 aliphatic rings. The minimum absolute atomic E-state index is 0.0349. The van der Waals surface area contributed by atoms with E-state index in [-0.39, 0.29) is 5.91 Å². The number of methoxy groups -OCH3 is 1. The van der Waals surface area contributed by atoms with Gasteiger partial charge in [-0.05, 0) is 41.0 Å². The number of rotatable bonds is 7. The monoisotopic (exact) mass is 465 g/mol. The number of hydrogen-bond acceptors (Lipinski definition) is 5. The summed E-state index contributed by atoms with van der Waals surface area (Å²) in [5, 5.41) is 0.647. The molecule has 0 bridgehead atoms. The van der Waals surface area contributed by atoms with Gasteiger partial charge in [0, 0.05) is 12.4 Å². The number of pyridine rings is 1. The largest absolute Gasteiger partial charge is 0.497 e. The van der Waals surface area contributed by atoms with Crippen LogP contribution in [-0.2, 0) is 11.3 Å². The lowest BCUT2D eigenvalue weighted by Gasteiger charge is -2.26. The van der Waals surface area contributed by atoms with E-state index in [1.165, 1.54) is 11.3 Å². The fourth-order valence-corrected chi connectivity index (χ4v) is 4.97. The van der Waals surface area contributed by atoms with E-state index in [4.69, 9.17) is 9.72 Å². The fourth-order valence-electron chi connectivity index (χ4n) is 3.97. The van der Waals surface area contributed by atoms with E-state index in [0.29, 0.717) is 11.7 Å². The third-order valence-electron chi connectivity index (χ3n) is 5.66. The summed E-state index contributed by atoms with van der Waals surface area (Å²) >= 11 is 1.48. The molecule has 1 amide bonds. The molecule has 34 heavy (non-hydrogen) atoms. The van der Waals surface area contributed by atoms with E-state index in [0.717, 1.165) is 32.7 Å². The number of nitrogens with zero attached hydrogens (tertiary/aromatic N) is 3. The highest BCUT2D eigenvalue weighted by atomic mass is 32.1. The standard InChI is InChI=1S/C28H23N3O2S/c1-33-23-14-15-24-25(17-23)34-28(30-24)31(19-20-9-8-16-29-18-20)27(32)26(21-10-4-2-5-11-21)22-12-6-3-7-13-22/h2-18,26H,19H2,1H3. The molecule has 2 heterocycles. The van der Waals surface area contributed by atoms with Crippen molar-refractivity contribution in [3.8, 4) is 5.75 Å². The van der Waals surface area contributed by atoms with Gasteiger partial charge in [-0.2, -0.15) is 0 Å². The number of hydrogen-bond donors (Lipinski definition) is 0. The van der Waals surface area contributed by atoms with Crippen molar-refractivity contribution in [2.24, 2.45) is 0 Å². The second-order valence-electron chi connectivity index (χ2n) is 7.87. The van der Waals surface area contributed by atoms with Crippen molar-refractivity contribution in [2.75, 3.05) is 12.0 Å². The van der Waals surface area contributed by atoms with Gasteiger partial charge in [-0.1, -0.05) is 78.1 Å². The molecular formula is C28H23N3O2S. The number of amides is 1. The van der Waals surface area contributed by atoms with Gasteiger partial charge in [0.25, 0.3) is 0 Å². The van der Waals surface area contributed by atoms with E-state index >= 15 is 0 Å².